The van der Waals surface area contributed by atoms with Crippen molar-refractivity contribution in [3.8, 4) is 0 Å². The van der Waals surface area contributed by atoms with Crippen LogP contribution in [0.3, 0.4) is 0 Å². The van der Waals surface area contributed by atoms with E-state index >= 15 is 0 Å². The normalized spacial score (nSPS) is 22.9. The van der Waals surface area contributed by atoms with Crippen LogP contribution in [0.2, 0.25) is 0 Å². The molecule has 88 valence electrons. The van der Waals surface area contributed by atoms with E-state index in [1.165, 1.54) is 12.8 Å². The zero-order valence-corrected chi connectivity index (χ0v) is 10.4. The largest absolute Gasteiger partial charge is 0.316 e. The molecule has 1 aliphatic heterocycles. The lowest BCUT2D eigenvalue weighted by atomic mass is 10.0. The Balaban J connectivity index is 1.94. The number of nitrogens with zero attached hydrogens (tertiary/aromatic N) is 1. The van der Waals surface area contributed by atoms with E-state index in [0.717, 1.165) is 29.4 Å². The molecule has 2 atom stereocenters. The summed E-state index contributed by atoms with van der Waals surface area (Å²) in [5, 5.41) is 4.06. The molecular weight excluding hydrogens is 220 g/mol. The van der Waals surface area contributed by atoms with Crippen LogP contribution >= 0.6 is 0 Å². The number of hydrogen-bond donors (Lipinski definition) is 1. The molecular formula is C12H18N2OS. The summed E-state index contributed by atoms with van der Waals surface area (Å²) in [5.41, 5.74) is 1.11. The van der Waals surface area contributed by atoms with Gasteiger partial charge in [-0.2, -0.15) is 0 Å². The van der Waals surface area contributed by atoms with Crippen LogP contribution in [0, 0.1) is 12.8 Å². The Morgan fingerprint density at radius 3 is 3.06 bits per heavy atom. The van der Waals surface area contributed by atoms with Crippen LogP contribution < -0.4 is 5.32 Å². The fraction of sp³-hybridized carbons (Fsp3) is 0.583. The van der Waals surface area contributed by atoms with Gasteiger partial charge >= 0.3 is 0 Å². The zero-order chi connectivity index (χ0) is 11.4. The van der Waals surface area contributed by atoms with Crippen molar-refractivity contribution in [2.24, 2.45) is 5.92 Å². The van der Waals surface area contributed by atoms with Crippen molar-refractivity contribution >= 4 is 10.8 Å². The first-order valence-electron chi connectivity index (χ1n) is 5.77. The van der Waals surface area contributed by atoms with Gasteiger partial charge in [0.25, 0.3) is 0 Å². The average molecular weight is 238 g/mol. The molecule has 4 heteroatoms. The van der Waals surface area contributed by atoms with Gasteiger partial charge in [0.2, 0.25) is 0 Å². The molecule has 0 bridgehead atoms. The van der Waals surface area contributed by atoms with Crippen molar-refractivity contribution in [2.75, 3.05) is 18.8 Å². The van der Waals surface area contributed by atoms with E-state index in [9.17, 15) is 4.21 Å². The molecule has 0 saturated carbocycles. The molecule has 2 heterocycles. The number of rotatable bonds is 3. The Hall–Kier alpha value is -0.740. The standard InChI is InChI=1S/C12H18N2OS/c1-10-4-5-12(14-7-10)16(15)9-11-3-2-6-13-8-11/h4-5,7,11,13H,2-3,6,8-9H2,1H3. The van der Waals surface area contributed by atoms with Gasteiger partial charge in [-0.05, 0) is 50.4 Å². The molecule has 0 spiro atoms. The summed E-state index contributed by atoms with van der Waals surface area (Å²) in [4.78, 5) is 4.22. The van der Waals surface area contributed by atoms with Crippen LogP contribution in [0.4, 0.5) is 0 Å². The molecule has 1 N–H and O–H groups in total. The second kappa shape index (κ2) is 5.55. The van der Waals surface area contributed by atoms with Crippen LogP contribution in [-0.4, -0.2) is 28.0 Å². The topological polar surface area (TPSA) is 42.0 Å². The SMILES string of the molecule is Cc1ccc(S(=O)CC2CCCNC2)nc1. The lowest BCUT2D eigenvalue weighted by Gasteiger charge is -2.21. The highest BCUT2D eigenvalue weighted by atomic mass is 32.2. The predicted molar refractivity (Wildman–Crippen MR) is 65.8 cm³/mol. The van der Waals surface area contributed by atoms with Gasteiger partial charge in [0.1, 0.15) is 5.03 Å². The second-order valence-corrected chi connectivity index (χ2v) is 5.84. The maximum Gasteiger partial charge on any atom is 0.127 e. The molecule has 1 aliphatic rings. The molecule has 1 saturated heterocycles. The lowest BCUT2D eigenvalue weighted by molar-refractivity contribution is 0.408. The van der Waals surface area contributed by atoms with E-state index in [0.29, 0.717) is 5.92 Å². The molecule has 2 unspecified atom stereocenters. The number of pyridine rings is 1. The molecule has 1 aromatic rings. The molecule has 2 rings (SSSR count). The van der Waals surface area contributed by atoms with Gasteiger partial charge < -0.3 is 5.32 Å². The Kier molecular flexibility index (Phi) is 4.07. The number of aromatic nitrogens is 1. The Morgan fingerprint density at radius 1 is 1.56 bits per heavy atom. The number of piperidine rings is 1. The van der Waals surface area contributed by atoms with Gasteiger partial charge in [-0.25, -0.2) is 4.98 Å². The minimum Gasteiger partial charge on any atom is -0.316 e. The Labute approximate surface area is 99.1 Å². The monoisotopic (exact) mass is 238 g/mol. The second-order valence-electron chi connectivity index (χ2n) is 4.40. The van der Waals surface area contributed by atoms with Gasteiger partial charge in [-0.1, -0.05) is 6.07 Å². The van der Waals surface area contributed by atoms with E-state index in [1.807, 2.05) is 19.1 Å². The van der Waals surface area contributed by atoms with Crippen LogP contribution in [-0.2, 0) is 10.8 Å². The summed E-state index contributed by atoms with van der Waals surface area (Å²) in [6, 6.07) is 3.85. The molecule has 3 nitrogen and oxygen atoms in total. The maximum atomic E-state index is 12.0. The van der Waals surface area contributed by atoms with Gasteiger partial charge in [0, 0.05) is 11.9 Å². The Morgan fingerprint density at radius 2 is 2.44 bits per heavy atom. The first kappa shape index (κ1) is 11.7. The van der Waals surface area contributed by atoms with E-state index in [-0.39, 0.29) is 0 Å². The summed E-state index contributed by atoms with van der Waals surface area (Å²) in [6.45, 7) is 4.09. The maximum absolute atomic E-state index is 12.0. The molecule has 0 amide bonds. The predicted octanol–water partition coefficient (Wildman–Crippen LogP) is 1.50. The van der Waals surface area contributed by atoms with Crippen LogP contribution in [0.15, 0.2) is 23.4 Å². The lowest BCUT2D eigenvalue weighted by Crippen LogP contribution is -2.32. The van der Waals surface area contributed by atoms with Crippen molar-refractivity contribution in [1.82, 2.24) is 10.3 Å². The van der Waals surface area contributed by atoms with E-state index in [4.69, 9.17) is 0 Å². The summed E-state index contributed by atoms with van der Waals surface area (Å²) >= 11 is 0. The third-order valence-electron chi connectivity index (χ3n) is 2.90. The van der Waals surface area contributed by atoms with Gasteiger partial charge in [0.15, 0.2) is 0 Å². The zero-order valence-electron chi connectivity index (χ0n) is 9.61. The highest BCUT2D eigenvalue weighted by Crippen LogP contribution is 2.14. The van der Waals surface area contributed by atoms with E-state index < -0.39 is 10.8 Å². The summed E-state index contributed by atoms with van der Waals surface area (Å²) < 4.78 is 12.0. The molecule has 0 aromatic carbocycles. The fourth-order valence-corrected chi connectivity index (χ4v) is 3.23. The minimum absolute atomic E-state index is 0.540. The molecule has 0 aliphatic carbocycles. The quantitative estimate of drug-likeness (QED) is 0.867. The highest BCUT2D eigenvalue weighted by Gasteiger charge is 2.17. The van der Waals surface area contributed by atoms with Crippen LogP contribution in [0.25, 0.3) is 0 Å². The summed E-state index contributed by atoms with van der Waals surface area (Å²) in [6.07, 6.45) is 4.17. The molecule has 0 radical (unpaired) electrons. The van der Waals surface area contributed by atoms with Gasteiger partial charge in [0.05, 0.1) is 10.8 Å². The van der Waals surface area contributed by atoms with E-state index in [2.05, 4.69) is 10.3 Å². The Bertz CT molecular complexity index is 358. The highest BCUT2D eigenvalue weighted by molar-refractivity contribution is 7.84. The third kappa shape index (κ3) is 3.12. The van der Waals surface area contributed by atoms with Crippen molar-refractivity contribution in [2.45, 2.75) is 24.8 Å². The minimum atomic E-state index is -0.940. The summed E-state index contributed by atoms with van der Waals surface area (Å²) in [5.74, 6) is 1.28. The van der Waals surface area contributed by atoms with Crippen LogP contribution in [0.1, 0.15) is 18.4 Å². The van der Waals surface area contributed by atoms with Crippen molar-refractivity contribution in [1.29, 1.82) is 0 Å². The molecule has 16 heavy (non-hydrogen) atoms. The number of aryl methyl sites for hydroxylation is 1. The first-order chi connectivity index (χ1) is 7.75. The fourth-order valence-electron chi connectivity index (χ4n) is 1.95. The number of hydrogen-bond acceptors (Lipinski definition) is 3. The average Bonchev–Trinajstić information content (AvgIpc) is 2.31. The van der Waals surface area contributed by atoms with Crippen molar-refractivity contribution in [3.05, 3.63) is 23.9 Å². The smallest absolute Gasteiger partial charge is 0.127 e. The first-order valence-corrected chi connectivity index (χ1v) is 7.09. The number of nitrogens with one attached hydrogen (secondary N) is 1. The molecule has 1 fully saturated rings. The van der Waals surface area contributed by atoms with Gasteiger partial charge in [-0.3, -0.25) is 4.21 Å². The third-order valence-corrected chi connectivity index (χ3v) is 4.39. The van der Waals surface area contributed by atoms with Crippen molar-refractivity contribution < 1.29 is 4.21 Å². The van der Waals surface area contributed by atoms with Gasteiger partial charge in [-0.15, -0.1) is 0 Å². The van der Waals surface area contributed by atoms with Crippen molar-refractivity contribution in [3.63, 3.8) is 0 Å². The molecule has 1 aromatic heterocycles. The van der Waals surface area contributed by atoms with Crippen LogP contribution in [0.5, 0.6) is 0 Å². The summed E-state index contributed by atoms with van der Waals surface area (Å²) in [7, 11) is -0.940. The van der Waals surface area contributed by atoms with E-state index in [1.54, 1.807) is 6.20 Å².